The van der Waals surface area contributed by atoms with Crippen LogP contribution in [0.4, 0.5) is 5.69 Å². The molecular formula is C22H26N2O3S. The maximum atomic E-state index is 12.4. The average molecular weight is 399 g/mol. The molecule has 0 aliphatic heterocycles. The van der Waals surface area contributed by atoms with Crippen molar-refractivity contribution >= 4 is 28.9 Å². The van der Waals surface area contributed by atoms with Crippen LogP contribution < -0.4 is 20.1 Å². The summed E-state index contributed by atoms with van der Waals surface area (Å²) in [7, 11) is 0. The molecule has 1 unspecified atom stereocenters. The minimum Gasteiger partial charge on any atom is -0.491 e. The highest BCUT2D eigenvalue weighted by Crippen LogP contribution is 2.24. The van der Waals surface area contributed by atoms with E-state index in [1.807, 2.05) is 38.1 Å². The van der Waals surface area contributed by atoms with E-state index in [0.29, 0.717) is 23.6 Å². The van der Waals surface area contributed by atoms with Crippen LogP contribution in [0.25, 0.3) is 0 Å². The highest BCUT2D eigenvalue weighted by Gasteiger charge is 2.11. The number of anilines is 1. The van der Waals surface area contributed by atoms with Crippen molar-refractivity contribution in [3.05, 3.63) is 66.2 Å². The van der Waals surface area contributed by atoms with Gasteiger partial charge in [-0.25, -0.2) is 0 Å². The number of ether oxygens (including phenoxy) is 2. The number of carbonyl (C=O) groups excluding carboxylic acids is 1. The quantitative estimate of drug-likeness (QED) is 0.487. The van der Waals surface area contributed by atoms with Crippen molar-refractivity contribution in [1.29, 1.82) is 0 Å². The van der Waals surface area contributed by atoms with Crippen molar-refractivity contribution in [2.75, 3.05) is 11.9 Å². The van der Waals surface area contributed by atoms with E-state index in [1.54, 1.807) is 24.3 Å². The lowest BCUT2D eigenvalue weighted by Crippen LogP contribution is -2.34. The number of nitrogens with one attached hydrogen (secondary N) is 2. The van der Waals surface area contributed by atoms with Crippen molar-refractivity contribution in [3.63, 3.8) is 0 Å². The molecule has 0 radical (unpaired) electrons. The third-order valence-electron chi connectivity index (χ3n) is 3.87. The first-order valence-electron chi connectivity index (χ1n) is 9.14. The van der Waals surface area contributed by atoms with Crippen LogP contribution in [0.2, 0.25) is 0 Å². The van der Waals surface area contributed by atoms with Gasteiger partial charge in [0.15, 0.2) is 5.11 Å². The van der Waals surface area contributed by atoms with E-state index in [1.165, 1.54) is 0 Å². The Morgan fingerprint density at radius 2 is 1.86 bits per heavy atom. The van der Waals surface area contributed by atoms with E-state index in [4.69, 9.17) is 21.7 Å². The molecule has 0 heterocycles. The summed E-state index contributed by atoms with van der Waals surface area (Å²) < 4.78 is 11.4. The van der Waals surface area contributed by atoms with Crippen LogP contribution >= 0.6 is 12.2 Å². The number of rotatable bonds is 8. The third kappa shape index (κ3) is 6.70. The summed E-state index contributed by atoms with van der Waals surface area (Å²) >= 11 is 5.27. The van der Waals surface area contributed by atoms with Gasteiger partial charge in [0.05, 0.1) is 11.8 Å². The van der Waals surface area contributed by atoms with Crippen molar-refractivity contribution < 1.29 is 14.3 Å². The summed E-state index contributed by atoms with van der Waals surface area (Å²) in [6, 6.07) is 14.3. The lowest BCUT2D eigenvalue weighted by atomic mass is 10.2. The van der Waals surface area contributed by atoms with Crippen LogP contribution in [0.15, 0.2) is 60.7 Å². The Labute approximate surface area is 171 Å². The standard InChI is InChI=1S/C22H26N2O3S/c1-5-16(4)27-18-12-10-17(11-13-18)21(25)24-22(28)23-19-8-6-7-9-20(19)26-14-15(2)3/h6-13,16H,2,5,14H2,1,3-4H3,(H2,23,24,25,28). The van der Waals surface area contributed by atoms with Gasteiger partial charge in [-0.1, -0.05) is 25.6 Å². The zero-order chi connectivity index (χ0) is 20.5. The van der Waals surface area contributed by atoms with E-state index < -0.39 is 0 Å². The molecular weight excluding hydrogens is 372 g/mol. The Morgan fingerprint density at radius 3 is 2.50 bits per heavy atom. The summed E-state index contributed by atoms with van der Waals surface area (Å²) in [5.74, 6) is 1.07. The normalized spacial score (nSPS) is 11.2. The van der Waals surface area contributed by atoms with Gasteiger partial charge in [-0.15, -0.1) is 0 Å². The number of amides is 1. The zero-order valence-corrected chi connectivity index (χ0v) is 17.3. The molecule has 2 aromatic carbocycles. The molecule has 2 rings (SSSR count). The van der Waals surface area contributed by atoms with E-state index in [-0.39, 0.29) is 17.1 Å². The molecule has 28 heavy (non-hydrogen) atoms. The molecule has 0 aliphatic rings. The van der Waals surface area contributed by atoms with Crippen molar-refractivity contribution in [3.8, 4) is 11.5 Å². The maximum absolute atomic E-state index is 12.4. The smallest absolute Gasteiger partial charge is 0.257 e. The van der Waals surface area contributed by atoms with Crippen LogP contribution in [0.1, 0.15) is 37.6 Å². The van der Waals surface area contributed by atoms with Gasteiger partial charge < -0.3 is 14.8 Å². The molecule has 0 fully saturated rings. The Kier molecular flexibility index (Phi) is 8.02. The third-order valence-corrected chi connectivity index (χ3v) is 4.07. The number of para-hydroxylation sites is 2. The van der Waals surface area contributed by atoms with Gasteiger partial charge in [-0.3, -0.25) is 10.1 Å². The number of hydrogen-bond acceptors (Lipinski definition) is 4. The molecule has 0 aromatic heterocycles. The molecule has 148 valence electrons. The molecule has 0 bridgehead atoms. The molecule has 1 amide bonds. The molecule has 1 atom stereocenters. The molecule has 0 saturated heterocycles. The summed E-state index contributed by atoms with van der Waals surface area (Å²) in [6.45, 7) is 10.2. The van der Waals surface area contributed by atoms with Gasteiger partial charge in [-0.2, -0.15) is 0 Å². The van der Waals surface area contributed by atoms with Crippen LogP contribution in [-0.2, 0) is 0 Å². The van der Waals surface area contributed by atoms with Crippen LogP contribution in [0.3, 0.4) is 0 Å². The molecule has 2 aromatic rings. The zero-order valence-electron chi connectivity index (χ0n) is 16.5. The van der Waals surface area contributed by atoms with Gasteiger partial charge in [0.1, 0.15) is 18.1 Å². The number of benzene rings is 2. The number of carbonyl (C=O) groups is 1. The first kappa shape index (κ1) is 21.4. The second kappa shape index (κ2) is 10.5. The van der Waals surface area contributed by atoms with Gasteiger partial charge in [0, 0.05) is 5.56 Å². The second-order valence-electron chi connectivity index (χ2n) is 6.51. The van der Waals surface area contributed by atoms with Crippen molar-refractivity contribution in [1.82, 2.24) is 5.32 Å². The summed E-state index contributed by atoms with van der Waals surface area (Å²) in [6.07, 6.45) is 1.04. The van der Waals surface area contributed by atoms with E-state index in [2.05, 4.69) is 24.1 Å². The monoisotopic (exact) mass is 398 g/mol. The van der Waals surface area contributed by atoms with Gasteiger partial charge >= 0.3 is 0 Å². The Balaban J connectivity index is 1.96. The topological polar surface area (TPSA) is 59.6 Å². The van der Waals surface area contributed by atoms with Gasteiger partial charge in [0.2, 0.25) is 0 Å². The van der Waals surface area contributed by atoms with Crippen LogP contribution in [-0.4, -0.2) is 23.7 Å². The Morgan fingerprint density at radius 1 is 1.18 bits per heavy atom. The summed E-state index contributed by atoms with van der Waals surface area (Å²) in [5, 5.41) is 5.87. The Hall–Kier alpha value is -2.86. The highest BCUT2D eigenvalue weighted by molar-refractivity contribution is 7.80. The SMILES string of the molecule is C=C(C)COc1ccccc1NC(=S)NC(=O)c1ccc(OC(C)CC)cc1. The number of thiocarbonyl (C=S) groups is 1. The molecule has 0 spiro atoms. The first-order chi connectivity index (χ1) is 13.4. The highest BCUT2D eigenvalue weighted by atomic mass is 32.1. The Bertz CT molecular complexity index is 834. The fraction of sp³-hybridized carbons (Fsp3) is 0.273. The van der Waals surface area contributed by atoms with Crippen molar-refractivity contribution in [2.24, 2.45) is 0 Å². The summed E-state index contributed by atoms with van der Waals surface area (Å²) in [5.41, 5.74) is 2.07. The lowest BCUT2D eigenvalue weighted by Gasteiger charge is -2.15. The minimum atomic E-state index is -0.298. The van der Waals surface area contributed by atoms with Gasteiger partial charge in [0.25, 0.3) is 5.91 Å². The lowest BCUT2D eigenvalue weighted by molar-refractivity contribution is 0.0977. The minimum absolute atomic E-state index is 0.128. The molecule has 0 saturated carbocycles. The maximum Gasteiger partial charge on any atom is 0.257 e. The van der Waals surface area contributed by atoms with E-state index in [9.17, 15) is 4.79 Å². The fourth-order valence-corrected chi connectivity index (χ4v) is 2.43. The fourth-order valence-electron chi connectivity index (χ4n) is 2.23. The molecule has 0 aliphatic carbocycles. The largest absolute Gasteiger partial charge is 0.491 e. The molecule has 6 heteroatoms. The van der Waals surface area contributed by atoms with Crippen LogP contribution in [0, 0.1) is 0 Å². The second-order valence-corrected chi connectivity index (χ2v) is 6.92. The summed E-state index contributed by atoms with van der Waals surface area (Å²) in [4.78, 5) is 12.4. The van der Waals surface area contributed by atoms with Crippen molar-refractivity contribution in [2.45, 2.75) is 33.3 Å². The molecule has 2 N–H and O–H groups in total. The van der Waals surface area contributed by atoms with Gasteiger partial charge in [-0.05, 0) is 74.5 Å². The predicted molar refractivity (Wildman–Crippen MR) is 117 cm³/mol. The molecule has 5 nitrogen and oxygen atoms in total. The van der Waals surface area contributed by atoms with E-state index >= 15 is 0 Å². The van der Waals surface area contributed by atoms with E-state index in [0.717, 1.165) is 17.7 Å². The number of hydrogen-bond donors (Lipinski definition) is 2. The average Bonchev–Trinajstić information content (AvgIpc) is 2.67. The predicted octanol–water partition coefficient (Wildman–Crippen LogP) is 4.95. The van der Waals surface area contributed by atoms with Crippen LogP contribution in [0.5, 0.6) is 11.5 Å². The first-order valence-corrected chi connectivity index (χ1v) is 9.55.